The Morgan fingerprint density at radius 2 is 2.10 bits per heavy atom. The maximum atomic E-state index is 6.13. The normalized spacial score (nSPS) is 10.4. The van der Waals surface area contributed by atoms with Gasteiger partial charge in [0.1, 0.15) is 5.02 Å². The second-order valence-electron chi connectivity index (χ2n) is 4.07. The summed E-state index contributed by atoms with van der Waals surface area (Å²) in [5.41, 5.74) is 0.876. The van der Waals surface area contributed by atoms with Crippen molar-refractivity contribution in [2.45, 2.75) is 13.3 Å². The van der Waals surface area contributed by atoms with E-state index in [4.69, 9.17) is 11.6 Å². The molecule has 0 bridgehead atoms. The molecular weight excluding hydrogens is 407 g/mol. The van der Waals surface area contributed by atoms with E-state index in [1.54, 1.807) is 6.20 Å². The van der Waals surface area contributed by atoms with Gasteiger partial charge in [0.05, 0.1) is 11.9 Å². The Bertz CT molecular complexity index is 607. The Morgan fingerprint density at radius 3 is 2.85 bits per heavy atom. The minimum atomic E-state index is 0.471. The van der Waals surface area contributed by atoms with Gasteiger partial charge in [-0.1, -0.05) is 34.5 Å². The lowest BCUT2D eigenvalue weighted by Gasteiger charge is -2.11. The molecule has 0 radical (unpaired) electrons. The fourth-order valence-electron chi connectivity index (χ4n) is 1.50. The molecule has 0 amide bonds. The van der Waals surface area contributed by atoms with Crippen molar-refractivity contribution in [3.8, 4) is 0 Å². The highest BCUT2D eigenvalue weighted by molar-refractivity contribution is 9.11. The lowest BCUT2D eigenvalue weighted by molar-refractivity contribution is 0.953. The molecule has 1 aromatic heterocycles. The zero-order valence-corrected chi connectivity index (χ0v) is 14.7. The van der Waals surface area contributed by atoms with Crippen LogP contribution in [0.4, 0.5) is 17.5 Å². The maximum absolute atomic E-state index is 6.13. The van der Waals surface area contributed by atoms with Crippen molar-refractivity contribution in [2.75, 3.05) is 17.2 Å². The van der Waals surface area contributed by atoms with Crippen LogP contribution in [-0.2, 0) is 0 Å². The van der Waals surface area contributed by atoms with Crippen LogP contribution >= 0.6 is 43.5 Å². The molecule has 0 saturated heterocycles. The number of hydrogen-bond donors (Lipinski definition) is 2. The summed E-state index contributed by atoms with van der Waals surface area (Å²) in [6, 6.07) is 5.84. The Kier molecular flexibility index (Phi) is 5.63. The van der Waals surface area contributed by atoms with E-state index in [-0.39, 0.29) is 0 Å². The average Bonchev–Trinajstić information content (AvgIpc) is 2.43. The van der Waals surface area contributed by atoms with Crippen LogP contribution in [0.15, 0.2) is 33.3 Å². The lowest BCUT2D eigenvalue weighted by Crippen LogP contribution is -2.06. The van der Waals surface area contributed by atoms with Crippen molar-refractivity contribution in [2.24, 2.45) is 0 Å². The number of aromatic nitrogens is 2. The number of halogens is 3. The molecule has 7 heteroatoms. The molecule has 2 N–H and O–H groups in total. The largest absolute Gasteiger partial charge is 0.354 e. The Hall–Kier alpha value is -0.850. The predicted octanol–water partition coefficient (Wildman–Crippen LogP) is 5.22. The van der Waals surface area contributed by atoms with E-state index in [1.807, 2.05) is 18.2 Å². The third kappa shape index (κ3) is 4.07. The summed E-state index contributed by atoms with van der Waals surface area (Å²) in [7, 11) is 0. The van der Waals surface area contributed by atoms with Gasteiger partial charge in [0, 0.05) is 15.5 Å². The van der Waals surface area contributed by atoms with E-state index in [0.29, 0.717) is 16.8 Å². The minimum Gasteiger partial charge on any atom is -0.354 e. The van der Waals surface area contributed by atoms with E-state index in [1.165, 1.54) is 0 Å². The monoisotopic (exact) mass is 418 g/mol. The molecule has 20 heavy (non-hydrogen) atoms. The van der Waals surface area contributed by atoms with Crippen molar-refractivity contribution < 1.29 is 0 Å². The quantitative estimate of drug-likeness (QED) is 0.696. The van der Waals surface area contributed by atoms with E-state index in [0.717, 1.165) is 27.6 Å². The Balaban J connectivity index is 2.25. The van der Waals surface area contributed by atoms with Crippen LogP contribution in [0.2, 0.25) is 5.02 Å². The van der Waals surface area contributed by atoms with Gasteiger partial charge in [-0.25, -0.2) is 4.98 Å². The molecule has 2 rings (SSSR count). The molecule has 0 spiro atoms. The Labute approximate surface area is 139 Å². The number of rotatable bonds is 5. The van der Waals surface area contributed by atoms with Gasteiger partial charge in [0.25, 0.3) is 0 Å². The third-order valence-electron chi connectivity index (χ3n) is 2.46. The molecule has 0 aliphatic heterocycles. The first-order valence-corrected chi connectivity index (χ1v) is 8.05. The first-order chi connectivity index (χ1) is 9.60. The molecule has 1 aromatic carbocycles. The first kappa shape index (κ1) is 15.5. The van der Waals surface area contributed by atoms with Crippen LogP contribution in [0, 0.1) is 0 Å². The second-order valence-corrected chi connectivity index (χ2v) is 6.24. The predicted molar refractivity (Wildman–Crippen MR) is 90.9 cm³/mol. The van der Waals surface area contributed by atoms with Gasteiger partial charge in [0.15, 0.2) is 5.82 Å². The van der Waals surface area contributed by atoms with E-state index in [2.05, 4.69) is 59.4 Å². The molecule has 0 fully saturated rings. The topological polar surface area (TPSA) is 49.8 Å². The molecule has 106 valence electrons. The highest BCUT2D eigenvalue weighted by atomic mass is 79.9. The smallest absolute Gasteiger partial charge is 0.224 e. The summed E-state index contributed by atoms with van der Waals surface area (Å²) in [6.45, 7) is 2.91. The van der Waals surface area contributed by atoms with Crippen LogP contribution in [-0.4, -0.2) is 16.5 Å². The van der Waals surface area contributed by atoms with Crippen LogP contribution < -0.4 is 10.6 Å². The summed E-state index contributed by atoms with van der Waals surface area (Å²) in [5.74, 6) is 1.13. The number of anilines is 3. The minimum absolute atomic E-state index is 0.471. The summed E-state index contributed by atoms with van der Waals surface area (Å²) in [4.78, 5) is 8.52. The molecule has 2 aromatic rings. The number of hydrogen-bond acceptors (Lipinski definition) is 4. The van der Waals surface area contributed by atoms with Gasteiger partial charge in [-0.15, -0.1) is 0 Å². The highest BCUT2D eigenvalue weighted by Crippen LogP contribution is 2.31. The van der Waals surface area contributed by atoms with Gasteiger partial charge < -0.3 is 10.6 Å². The van der Waals surface area contributed by atoms with Gasteiger partial charge in [0.2, 0.25) is 5.95 Å². The van der Waals surface area contributed by atoms with Crippen LogP contribution in [0.5, 0.6) is 0 Å². The zero-order valence-electron chi connectivity index (χ0n) is 10.8. The van der Waals surface area contributed by atoms with Gasteiger partial charge in [-0.05, 0) is 40.5 Å². The molecule has 0 saturated carbocycles. The van der Waals surface area contributed by atoms with Crippen molar-refractivity contribution in [1.82, 2.24) is 9.97 Å². The molecule has 0 aliphatic rings. The van der Waals surface area contributed by atoms with Crippen LogP contribution in [0.25, 0.3) is 0 Å². The summed E-state index contributed by atoms with van der Waals surface area (Å²) in [6.07, 6.45) is 2.59. The average molecular weight is 421 g/mol. The van der Waals surface area contributed by atoms with E-state index < -0.39 is 0 Å². The number of benzene rings is 1. The zero-order chi connectivity index (χ0) is 14.5. The molecule has 0 atom stereocenters. The van der Waals surface area contributed by atoms with Gasteiger partial charge in [-0.2, -0.15) is 4.98 Å². The van der Waals surface area contributed by atoms with Gasteiger partial charge in [-0.3, -0.25) is 0 Å². The highest BCUT2D eigenvalue weighted by Gasteiger charge is 2.08. The first-order valence-electron chi connectivity index (χ1n) is 6.08. The fraction of sp³-hybridized carbons (Fsp3) is 0.231. The summed E-state index contributed by atoms with van der Waals surface area (Å²) >= 11 is 13.1. The van der Waals surface area contributed by atoms with Gasteiger partial charge >= 0.3 is 0 Å². The second kappa shape index (κ2) is 7.24. The fourth-order valence-corrected chi connectivity index (χ4v) is 2.34. The standard InChI is InChI=1S/C13H13Br2ClN4/c1-2-5-17-13-18-7-10(16)12(20-13)19-11-6-8(14)3-4-9(11)15/h3-4,6-7H,2,5H2,1H3,(H2,17,18,19,20). The van der Waals surface area contributed by atoms with E-state index in [9.17, 15) is 0 Å². The molecule has 4 nitrogen and oxygen atoms in total. The number of nitrogens with one attached hydrogen (secondary N) is 2. The molecular formula is C13H13Br2ClN4. The molecule has 1 heterocycles. The summed E-state index contributed by atoms with van der Waals surface area (Å²) in [5, 5.41) is 6.80. The summed E-state index contributed by atoms with van der Waals surface area (Å²) < 4.78 is 1.90. The van der Waals surface area contributed by atoms with E-state index >= 15 is 0 Å². The molecule has 0 unspecified atom stereocenters. The molecule has 0 aliphatic carbocycles. The Morgan fingerprint density at radius 1 is 1.30 bits per heavy atom. The van der Waals surface area contributed by atoms with Crippen molar-refractivity contribution in [3.63, 3.8) is 0 Å². The van der Waals surface area contributed by atoms with Crippen molar-refractivity contribution in [1.29, 1.82) is 0 Å². The SMILES string of the molecule is CCCNc1ncc(Cl)c(Nc2cc(Br)ccc2Br)n1. The van der Waals surface area contributed by atoms with Crippen molar-refractivity contribution in [3.05, 3.63) is 38.4 Å². The van der Waals surface area contributed by atoms with Crippen LogP contribution in [0.1, 0.15) is 13.3 Å². The van der Waals surface area contributed by atoms with Crippen LogP contribution in [0.3, 0.4) is 0 Å². The maximum Gasteiger partial charge on any atom is 0.224 e. The number of nitrogens with zero attached hydrogens (tertiary/aromatic N) is 2. The third-order valence-corrected chi connectivity index (χ3v) is 3.92. The van der Waals surface area contributed by atoms with Crippen molar-refractivity contribution >= 4 is 60.9 Å². The lowest BCUT2D eigenvalue weighted by atomic mass is 10.3.